The molecule has 1 aromatic heterocycles. The van der Waals surface area contributed by atoms with Gasteiger partial charge in [0, 0.05) is 24.2 Å². The number of nitrogens with one attached hydrogen (secondary N) is 1. The molecule has 1 unspecified atom stereocenters. The van der Waals surface area contributed by atoms with Gasteiger partial charge in [-0.2, -0.15) is 0 Å². The Bertz CT molecular complexity index is 1050. The first-order chi connectivity index (χ1) is 13.4. The van der Waals surface area contributed by atoms with Gasteiger partial charge in [-0.1, -0.05) is 18.7 Å². The number of hydrogen-bond acceptors (Lipinski definition) is 6. The van der Waals surface area contributed by atoms with Crippen molar-refractivity contribution >= 4 is 33.3 Å². The quantitative estimate of drug-likeness (QED) is 0.526. The lowest BCUT2D eigenvalue weighted by atomic mass is 10.1. The molecule has 2 aromatic carbocycles. The average Bonchev–Trinajstić information content (AvgIpc) is 2.70. The molecule has 0 fully saturated rings. The minimum atomic E-state index is -1.51. The van der Waals surface area contributed by atoms with Crippen molar-refractivity contribution in [1.82, 2.24) is 4.98 Å². The predicted octanol–water partition coefficient (Wildman–Crippen LogP) is 3.37. The molecule has 3 rings (SSSR count). The third kappa shape index (κ3) is 3.92. The molecule has 0 amide bonds. The summed E-state index contributed by atoms with van der Waals surface area (Å²) in [6.45, 7) is 4.09. The number of aliphatic hydroxyl groups excluding tert-OH is 1. The van der Waals surface area contributed by atoms with E-state index in [0.29, 0.717) is 39.7 Å². The van der Waals surface area contributed by atoms with E-state index >= 15 is 0 Å². The fourth-order valence-corrected chi connectivity index (χ4v) is 3.26. The molecule has 0 saturated heterocycles. The second kappa shape index (κ2) is 8.28. The standard InChI is InChI=1S/C20H21N3O4S/c1-12(24)16-11-22-17-9-19(27-3)18(26-2)8-15(17)20(16)23-10-13-4-6-14(7-5-13)28(21)25/h4-9,11,24H,1,10,21H2,2-3H3,(H,22,23). The van der Waals surface area contributed by atoms with Gasteiger partial charge in [0.2, 0.25) is 0 Å². The molecule has 0 radical (unpaired) electrons. The topological polar surface area (TPSA) is 107 Å². The maximum atomic E-state index is 11.3. The molecule has 0 aliphatic rings. The number of benzene rings is 2. The van der Waals surface area contributed by atoms with Gasteiger partial charge in [0.1, 0.15) is 16.7 Å². The van der Waals surface area contributed by atoms with Crippen molar-refractivity contribution in [2.24, 2.45) is 5.14 Å². The van der Waals surface area contributed by atoms with Crippen LogP contribution in [0.5, 0.6) is 11.5 Å². The number of pyridine rings is 1. The minimum Gasteiger partial charge on any atom is -0.508 e. The number of nitrogens with two attached hydrogens (primary N) is 1. The lowest BCUT2D eigenvalue weighted by Gasteiger charge is -2.16. The van der Waals surface area contributed by atoms with Crippen molar-refractivity contribution < 1.29 is 18.8 Å². The summed E-state index contributed by atoms with van der Waals surface area (Å²) in [5.41, 5.74) is 2.79. The SMILES string of the molecule is C=C(O)c1cnc2cc(OC)c(OC)cc2c1NCc1ccc(S(N)=O)cc1. The van der Waals surface area contributed by atoms with Gasteiger partial charge in [0.25, 0.3) is 0 Å². The molecule has 8 heteroatoms. The Morgan fingerprint density at radius 3 is 2.43 bits per heavy atom. The molecule has 1 atom stereocenters. The zero-order valence-electron chi connectivity index (χ0n) is 15.6. The predicted molar refractivity (Wildman–Crippen MR) is 111 cm³/mol. The number of ether oxygens (including phenoxy) is 2. The van der Waals surface area contributed by atoms with Crippen LogP contribution in [-0.4, -0.2) is 28.5 Å². The first kappa shape index (κ1) is 19.7. The first-order valence-electron chi connectivity index (χ1n) is 8.36. The van der Waals surface area contributed by atoms with Crippen molar-refractivity contribution in [2.45, 2.75) is 11.4 Å². The first-order valence-corrected chi connectivity index (χ1v) is 9.58. The third-order valence-corrected chi connectivity index (χ3v) is 5.05. The highest BCUT2D eigenvalue weighted by atomic mass is 32.2. The van der Waals surface area contributed by atoms with Crippen molar-refractivity contribution in [2.75, 3.05) is 19.5 Å². The van der Waals surface area contributed by atoms with Gasteiger partial charge >= 0.3 is 0 Å². The number of methoxy groups -OCH3 is 2. The molecule has 1 heterocycles. The lowest BCUT2D eigenvalue weighted by Crippen LogP contribution is -2.06. The summed E-state index contributed by atoms with van der Waals surface area (Å²) in [6.07, 6.45) is 1.56. The number of rotatable bonds is 7. The van der Waals surface area contributed by atoms with Gasteiger partial charge in [0.15, 0.2) is 11.5 Å². The fourth-order valence-electron chi connectivity index (χ4n) is 2.86. The smallest absolute Gasteiger partial charge is 0.162 e. The zero-order valence-corrected chi connectivity index (χ0v) is 16.4. The van der Waals surface area contributed by atoms with E-state index < -0.39 is 11.0 Å². The Morgan fingerprint density at radius 1 is 1.21 bits per heavy atom. The minimum absolute atomic E-state index is 0.0967. The number of nitrogens with zero attached hydrogens (tertiary/aromatic N) is 1. The normalized spacial score (nSPS) is 11.8. The summed E-state index contributed by atoms with van der Waals surface area (Å²) in [4.78, 5) is 4.94. The van der Waals surface area contributed by atoms with E-state index in [4.69, 9.17) is 14.6 Å². The maximum Gasteiger partial charge on any atom is 0.162 e. The van der Waals surface area contributed by atoms with Crippen molar-refractivity contribution in [1.29, 1.82) is 0 Å². The lowest BCUT2D eigenvalue weighted by molar-refractivity contribution is 0.356. The van der Waals surface area contributed by atoms with Crippen LogP contribution in [0.3, 0.4) is 0 Å². The van der Waals surface area contributed by atoms with Crippen molar-refractivity contribution in [3.63, 3.8) is 0 Å². The zero-order chi connectivity index (χ0) is 20.3. The highest BCUT2D eigenvalue weighted by molar-refractivity contribution is 7.82. The van der Waals surface area contributed by atoms with Crippen molar-refractivity contribution in [3.8, 4) is 11.5 Å². The number of fused-ring (bicyclic) bond motifs is 1. The highest BCUT2D eigenvalue weighted by Gasteiger charge is 2.15. The van der Waals surface area contributed by atoms with Gasteiger partial charge in [-0.05, 0) is 23.8 Å². The van der Waals surface area contributed by atoms with Crippen molar-refractivity contribution in [3.05, 3.63) is 60.3 Å². The largest absolute Gasteiger partial charge is 0.508 e. The van der Waals surface area contributed by atoms with E-state index in [2.05, 4.69) is 16.9 Å². The molecule has 0 bridgehead atoms. The van der Waals surface area contributed by atoms with Gasteiger partial charge in [-0.25, -0.2) is 9.35 Å². The highest BCUT2D eigenvalue weighted by Crippen LogP contribution is 2.37. The van der Waals surface area contributed by atoms with Crippen LogP contribution >= 0.6 is 0 Å². The molecule has 146 valence electrons. The summed E-state index contributed by atoms with van der Waals surface area (Å²) in [5.74, 6) is 1.02. The number of anilines is 1. The van der Waals surface area contributed by atoms with Crippen LogP contribution in [-0.2, 0) is 17.5 Å². The number of aliphatic hydroxyl groups is 1. The van der Waals surface area contributed by atoms with Gasteiger partial charge in [0.05, 0.1) is 35.9 Å². The van der Waals surface area contributed by atoms with E-state index in [0.717, 1.165) is 10.9 Å². The van der Waals surface area contributed by atoms with E-state index in [-0.39, 0.29) is 5.76 Å². The molecule has 0 aliphatic carbocycles. The fraction of sp³-hybridized carbons (Fsp3) is 0.150. The van der Waals surface area contributed by atoms with Crippen LogP contribution in [0.1, 0.15) is 11.1 Å². The van der Waals surface area contributed by atoms with Crippen LogP contribution in [0.4, 0.5) is 5.69 Å². The summed E-state index contributed by atoms with van der Waals surface area (Å²) < 4.78 is 22.0. The van der Waals surface area contributed by atoms with Crippen LogP contribution in [0.25, 0.3) is 16.7 Å². The van der Waals surface area contributed by atoms with Gasteiger partial charge in [-0.15, -0.1) is 0 Å². The molecule has 0 saturated carbocycles. The van der Waals surface area contributed by atoms with Crippen LogP contribution < -0.4 is 19.9 Å². The molecule has 0 spiro atoms. The Morgan fingerprint density at radius 2 is 1.86 bits per heavy atom. The Hall–Kier alpha value is -3.10. The Labute approximate surface area is 165 Å². The maximum absolute atomic E-state index is 11.3. The second-order valence-corrected chi connectivity index (χ2v) is 7.08. The average molecular weight is 399 g/mol. The van der Waals surface area contributed by atoms with E-state index in [1.54, 1.807) is 44.7 Å². The molecular weight excluding hydrogens is 378 g/mol. The van der Waals surface area contributed by atoms with E-state index in [1.807, 2.05) is 12.1 Å². The summed E-state index contributed by atoms with van der Waals surface area (Å²) in [5, 5.41) is 19.5. The summed E-state index contributed by atoms with van der Waals surface area (Å²) in [6, 6.07) is 10.7. The molecular formula is C20H21N3O4S. The number of aromatic nitrogens is 1. The molecule has 7 nitrogen and oxygen atoms in total. The molecule has 3 aromatic rings. The monoisotopic (exact) mass is 399 g/mol. The molecule has 4 N–H and O–H groups in total. The van der Waals surface area contributed by atoms with Crippen LogP contribution in [0, 0.1) is 0 Å². The summed E-state index contributed by atoms with van der Waals surface area (Å²) >= 11 is 0. The Balaban J connectivity index is 2.02. The van der Waals surface area contributed by atoms with Crippen LogP contribution in [0.2, 0.25) is 0 Å². The van der Waals surface area contributed by atoms with Crippen LogP contribution in [0.15, 0.2) is 54.1 Å². The van der Waals surface area contributed by atoms with E-state index in [1.165, 1.54) is 0 Å². The summed E-state index contributed by atoms with van der Waals surface area (Å²) in [7, 11) is 1.61. The third-order valence-electron chi connectivity index (χ3n) is 4.31. The molecule has 28 heavy (non-hydrogen) atoms. The second-order valence-electron chi connectivity index (χ2n) is 6.01. The van der Waals surface area contributed by atoms with Gasteiger partial charge in [-0.3, -0.25) is 4.98 Å². The Kier molecular flexibility index (Phi) is 5.81. The van der Waals surface area contributed by atoms with Gasteiger partial charge < -0.3 is 19.9 Å². The number of hydrogen-bond donors (Lipinski definition) is 3. The van der Waals surface area contributed by atoms with E-state index in [9.17, 15) is 9.32 Å². The molecule has 0 aliphatic heterocycles.